The molecule has 1 amide bonds. The van der Waals surface area contributed by atoms with Crippen LogP contribution in [0, 0.1) is 28.4 Å². The third-order valence-corrected chi connectivity index (χ3v) is 5.69. The van der Waals surface area contributed by atoms with E-state index in [0.29, 0.717) is 5.56 Å². The van der Waals surface area contributed by atoms with Crippen molar-refractivity contribution in [3.63, 3.8) is 0 Å². The van der Waals surface area contributed by atoms with Crippen LogP contribution in [0.2, 0.25) is 0 Å². The SMILES string of the molecule is CC1(C)C(C(=O)NCc2cccnc2Oc2ccc(F)cc2F)C1(C)C. The van der Waals surface area contributed by atoms with Gasteiger partial charge >= 0.3 is 0 Å². The van der Waals surface area contributed by atoms with Crippen LogP contribution in [0.4, 0.5) is 8.78 Å². The number of amides is 1. The van der Waals surface area contributed by atoms with Crippen molar-refractivity contribution in [3.8, 4) is 11.6 Å². The standard InChI is InChI=1S/C20H22F2N2O2/c1-19(2)16(20(19,3)4)17(25)24-11-12-6-5-9-23-18(12)26-15-8-7-13(21)10-14(15)22/h5-10,16H,11H2,1-4H3,(H,24,25). The van der Waals surface area contributed by atoms with Gasteiger partial charge in [0.05, 0.1) is 0 Å². The third-order valence-electron chi connectivity index (χ3n) is 5.69. The maximum atomic E-state index is 13.8. The van der Waals surface area contributed by atoms with Crippen LogP contribution in [0.3, 0.4) is 0 Å². The molecule has 1 aromatic carbocycles. The first-order valence-corrected chi connectivity index (χ1v) is 8.49. The lowest BCUT2D eigenvalue weighted by molar-refractivity contribution is -0.123. The maximum absolute atomic E-state index is 13.8. The van der Waals surface area contributed by atoms with Crippen LogP contribution in [-0.4, -0.2) is 10.9 Å². The number of halogens is 2. The Labute approximate surface area is 151 Å². The Morgan fingerprint density at radius 2 is 1.88 bits per heavy atom. The second kappa shape index (κ2) is 6.34. The molecule has 1 saturated carbocycles. The van der Waals surface area contributed by atoms with E-state index in [9.17, 15) is 13.6 Å². The highest BCUT2D eigenvalue weighted by molar-refractivity contribution is 5.84. The quantitative estimate of drug-likeness (QED) is 0.857. The second-order valence-corrected chi connectivity index (χ2v) is 7.74. The summed E-state index contributed by atoms with van der Waals surface area (Å²) >= 11 is 0. The maximum Gasteiger partial charge on any atom is 0.224 e. The van der Waals surface area contributed by atoms with Gasteiger partial charge in [-0.2, -0.15) is 0 Å². The molecule has 0 radical (unpaired) electrons. The molecule has 26 heavy (non-hydrogen) atoms. The van der Waals surface area contributed by atoms with Gasteiger partial charge in [-0.3, -0.25) is 4.79 Å². The zero-order chi connectivity index (χ0) is 19.1. The van der Waals surface area contributed by atoms with E-state index in [0.717, 1.165) is 12.1 Å². The van der Waals surface area contributed by atoms with Gasteiger partial charge in [-0.1, -0.05) is 33.8 Å². The highest BCUT2D eigenvalue weighted by Crippen LogP contribution is 2.68. The third kappa shape index (κ3) is 3.16. The van der Waals surface area contributed by atoms with E-state index in [1.165, 1.54) is 12.3 Å². The minimum absolute atomic E-state index is 0.0252. The summed E-state index contributed by atoms with van der Waals surface area (Å²) in [5.41, 5.74) is 0.506. The molecular weight excluding hydrogens is 338 g/mol. The van der Waals surface area contributed by atoms with Gasteiger partial charge in [0.25, 0.3) is 0 Å². The number of carbonyl (C=O) groups excluding carboxylic acids is 1. The van der Waals surface area contributed by atoms with E-state index in [1.807, 2.05) is 0 Å². The number of nitrogens with zero attached hydrogens (tertiary/aromatic N) is 1. The Morgan fingerprint density at radius 3 is 2.50 bits per heavy atom. The Kier molecular flexibility index (Phi) is 4.46. The lowest BCUT2D eigenvalue weighted by Gasteiger charge is -2.12. The molecule has 1 fully saturated rings. The number of hydrogen-bond donors (Lipinski definition) is 1. The molecule has 0 saturated heterocycles. The minimum Gasteiger partial charge on any atom is -0.436 e. The van der Waals surface area contributed by atoms with Crippen molar-refractivity contribution in [3.05, 3.63) is 53.7 Å². The molecule has 0 aliphatic heterocycles. The molecule has 0 unspecified atom stereocenters. The van der Waals surface area contributed by atoms with E-state index in [4.69, 9.17) is 4.74 Å². The van der Waals surface area contributed by atoms with Gasteiger partial charge in [0.15, 0.2) is 11.6 Å². The van der Waals surface area contributed by atoms with Crippen LogP contribution in [0.25, 0.3) is 0 Å². The van der Waals surface area contributed by atoms with Crippen LogP contribution in [0.5, 0.6) is 11.6 Å². The predicted octanol–water partition coefficient (Wildman–Crippen LogP) is 4.45. The largest absolute Gasteiger partial charge is 0.436 e. The summed E-state index contributed by atoms with van der Waals surface area (Å²) in [6.45, 7) is 8.52. The van der Waals surface area contributed by atoms with E-state index in [2.05, 4.69) is 38.0 Å². The van der Waals surface area contributed by atoms with E-state index >= 15 is 0 Å². The van der Waals surface area contributed by atoms with Gasteiger partial charge in [0.1, 0.15) is 5.82 Å². The number of pyridine rings is 1. The van der Waals surface area contributed by atoms with E-state index in [-0.39, 0.29) is 40.8 Å². The molecule has 0 bridgehead atoms. The smallest absolute Gasteiger partial charge is 0.224 e. The molecule has 1 aliphatic carbocycles. The monoisotopic (exact) mass is 360 g/mol. The average Bonchev–Trinajstić information content (AvgIpc) is 2.98. The Morgan fingerprint density at radius 1 is 1.19 bits per heavy atom. The molecule has 1 heterocycles. The van der Waals surface area contributed by atoms with Gasteiger partial charge in [-0.25, -0.2) is 13.8 Å². The normalized spacial score (nSPS) is 17.6. The summed E-state index contributed by atoms with van der Waals surface area (Å²) < 4.78 is 32.3. The minimum atomic E-state index is -0.813. The molecule has 2 aromatic rings. The molecule has 138 valence electrons. The molecule has 1 aliphatic rings. The zero-order valence-corrected chi connectivity index (χ0v) is 15.3. The Balaban J connectivity index is 1.71. The van der Waals surface area contributed by atoms with Crippen LogP contribution >= 0.6 is 0 Å². The zero-order valence-electron chi connectivity index (χ0n) is 15.3. The van der Waals surface area contributed by atoms with Gasteiger partial charge in [0.2, 0.25) is 11.8 Å². The van der Waals surface area contributed by atoms with Gasteiger partial charge in [-0.05, 0) is 29.0 Å². The summed E-state index contributed by atoms with van der Waals surface area (Å²) in [5.74, 6) is -1.53. The van der Waals surface area contributed by atoms with Gasteiger partial charge in [0, 0.05) is 30.3 Å². The molecule has 1 N–H and O–H groups in total. The van der Waals surface area contributed by atoms with Crippen molar-refractivity contribution >= 4 is 5.91 Å². The highest BCUT2D eigenvalue weighted by atomic mass is 19.1. The Bertz CT molecular complexity index is 835. The fourth-order valence-corrected chi connectivity index (χ4v) is 3.45. The highest BCUT2D eigenvalue weighted by Gasteiger charge is 2.68. The molecule has 1 aromatic heterocycles. The van der Waals surface area contributed by atoms with Crippen molar-refractivity contribution in [2.24, 2.45) is 16.7 Å². The number of carbonyl (C=O) groups is 1. The fraction of sp³-hybridized carbons (Fsp3) is 0.400. The number of rotatable bonds is 5. The molecule has 0 spiro atoms. The Hall–Kier alpha value is -2.50. The molecule has 3 rings (SSSR count). The first kappa shape index (κ1) is 18.3. The van der Waals surface area contributed by atoms with Crippen molar-refractivity contribution < 1.29 is 18.3 Å². The van der Waals surface area contributed by atoms with Gasteiger partial charge in [-0.15, -0.1) is 0 Å². The summed E-state index contributed by atoms with van der Waals surface area (Å²) in [6, 6.07) is 6.52. The van der Waals surface area contributed by atoms with Crippen molar-refractivity contribution in [1.82, 2.24) is 10.3 Å². The predicted molar refractivity (Wildman–Crippen MR) is 93.6 cm³/mol. The van der Waals surface area contributed by atoms with Crippen molar-refractivity contribution in [1.29, 1.82) is 0 Å². The summed E-state index contributed by atoms with van der Waals surface area (Å²) in [6.07, 6.45) is 1.51. The number of nitrogens with one attached hydrogen (secondary N) is 1. The van der Waals surface area contributed by atoms with Crippen molar-refractivity contribution in [2.45, 2.75) is 34.2 Å². The van der Waals surface area contributed by atoms with E-state index < -0.39 is 11.6 Å². The number of hydrogen-bond acceptors (Lipinski definition) is 3. The second-order valence-electron chi connectivity index (χ2n) is 7.74. The molecular formula is C20H22F2N2O2. The number of ether oxygens (including phenoxy) is 1. The average molecular weight is 360 g/mol. The topological polar surface area (TPSA) is 51.2 Å². The summed E-state index contributed by atoms with van der Waals surface area (Å²) in [4.78, 5) is 16.6. The summed E-state index contributed by atoms with van der Waals surface area (Å²) in [7, 11) is 0. The van der Waals surface area contributed by atoms with Crippen LogP contribution in [-0.2, 0) is 11.3 Å². The van der Waals surface area contributed by atoms with E-state index in [1.54, 1.807) is 12.1 Å². The summed E-state index contributed by atoms with van der Waals surface area (Å²) in [5, 5.41) is 2.91. The van der Waals surface area contributed by atoms with Crippen molar-refractivity contribution in [2.75, 3.05) is 0 Å². The number of benzene rings is 1. The lowest BCUT2D eigenvalue weighted by Crippen LogP contribution is -2.27. The molecule has 0 atom stereocenters. The number of aromatic nitrogens is 1. The lowest BCUT2D eigenvalue weighted by atomic mass is 10.0. The molecule has 6 heteroatoms. The first-order valence-electron chi connectivity index (χ1n) is 8.49. The van der Waals surface area contributed by atoms with Gasteiger partial charge < -0.3 is 10.1 Å². The van der Waals surface area contributed by atoms with Crippen LogP contribution < -0.4 is 10.1 Å². The van der Waals surface area contributed by atoms with Crippen LogP contribution in [0.15, 0.2) is 36.5 Å². The molecule has 4 nitrogen and oxygen atoms in total. The van der Waals surface area contributed by atoms with Crippen LogP contribution in [0.1, 0.15) is 33.3 Å². The fourth-order valence-electron chi connectivity index (χ4n) is 3.45. The first-order chi connectivity index (χ1) is 12.1.